The van der Waals surface area contributed by atoms with E-state index in [1.54, 1.807) is 29.2 Å². The van der Waals surface area contributed by atoms with E-state index in [1.165, 1.54) is 6.92 Å². The van der Waals surface area contributed by atoms with Gasteiger partial charge in [0, 0.05) is 38.0 Å². The molecule has 6 nitrogen and oxygen atoms in total. The predicted octanol–water partition coefficient (Wildman–Crippen LogP) is 2.26. The van der Waals surface area contributed by atoms with Gasteiger partial charge in [0.05, 0.1) is 5.92 Å². The molecule has 0 radical (unpaired) electrons. The molecule has 1 aliphatic heterocycles. The average Bonchev–Trinajstić information content (AvgIpc) is 3.13. The summed E-state index contributed by atoms with van der Waals surface area (Å²) < 4.78 is 0. The van der Waals surface area contributed by atoms with Crippen molar-refractivity contribution in [2.24, 2.45) is 5.92 Å². The van der Waals surface area contributed by atoms with Crippen molar-refractivity contribution in [2.75, 3.05) is 13.1 Å². The lowest BCUT2D eigenvalue weighted by Crippen LogP contribution is -2.30. The zero-order chi connectivity index (χ0) is 19.4. The van der Waals surface area contributed by atoms with E-state index in [9.17, 15) is 19.5 Å². The first kappa shape index (κ1) is 18.6. The summed E-state index contributed by atoms with van der Waals surface area (Å²) in [5.74, 6) is -2.00. The molecule has 2 unspecified atom stereocenters. The number of carbonyl (C=O) groups excluding carboxylic acids is 2. The maximum absolute atomic E-state index is 12.8. The molecular formula is C21H22N2O4. The Morgan fingerprint density at radius 2 is 1.70 bits per heavy atom. The van der Waals surface area contributed by atoms with E-state index < -0.39 is 11.9 Å². The number of benzene rings is 2. The fourth-order valence-electron chi connectivity index (χ4n) is 3.43. The maximum Gasteiger partial charge on any atom is 0.308 e. The van der Waals surface area contributed by atoms with Crippen molar-refractivity contribution in [3.8, 4) is 0 Å². The molecule has 0 aliphatic carbocycles. The lowest BCUT2D eigenvalue weighted by Gasteiger charge is -2.17. The van der Waals surface area contributed by atoms with Crippen molar-refractivity contribution in [2.45, 2.75) is 19.4 Å². The van der Waals surface area contributed by atoms with Gasteiger partial charge < -0.3 is 15.3 Å². The van der Waals surface area contributed by atoms with Crippen molar-refractivity contribution < 1.29 is 19.5 Å². The maximum atomic E-state index is 12.8. The summed E-state index contributed by atoms with van der Waals surface area (Å²) in [7, 11) is 0. The molecule has 2 atom stereocenters. The first-order chi connectivity index (χ1) is 13.0. The van der Waals surface area contributed by atoms with Crippen LogP contribution < -0.4 is 5.32 Å². The van der Waals surface area contributed by atoms with Crippen LogP contribution in [-0.4, -0.2) is 40.9 Å². The Kier molecular flexibility index (Phi) is 5.54. The lowest BCUT2D eigenvalue weighted by atomic mass is 9.89. The molecule has 1 aliphatic rings. The summed E-state index contributed by atoms with van der Waals surface area (Å²) in [5.41, 5.74) is 2.35. The van der Waals surface area contributed by atoms with Crippen LogP contribution in [0.4, 0.5) is 0 Å². The first-order valence-corrected chi connectivity index (χ1v) is 8.86. The number of carboxylic acids is 1. The summed E-state index contributed by atoms with van der Waals surface area (Å²) in [6.07, 6.45) is 0. The van der Waals surface area contributed by atoms with Crippen LogP contribution in [0.5, 0.6) is 0 Å². The molecule has 6 heteroatoms. The highest BCUT2D eigenvalue weighted by atomic mass is 16.4. The van der Waals surface area contributed by atoms with Crippen molar-refractivity contribution in [1.82, 2.24) is 10.2 Å². The number of hydrogen-bond donors (Lipinski definition) is 2. The molecule has 27 heavy (non-hydrogen) atoms. The molecule has 2 N–H and O–H groups in total. The van der Waals surface area contributed by atoms with Crippen LogP contribution >= 0.6 is 0 Å². The molecule has 0 aromatic heterocycles. The van der Waals surface area contributed by atoms with E-state index in [0.717, 1.165) is 11.1 Å². The molecule has 1 heterocycles. The third-order valence-electron chi connectivity index (χ3n) is 4.89. The first-order valence-electron chi connectivity index (χ1n) is 8.86. The lowest BCUT2D eigenvalue weighted by molar-refractivity contribution is -0.141. The number of carbonyl (C=O) groups is 3. The van der Waals surface area contributed by atoms with Gasteiger partial charge in [0.15, 0.2) is 0 Å². The Morgan fingerprint density at radius 3 is 2.30 bits per heavy atom. The van der Waals surface area contributed by atoms with E-state index in [4.69, 9.17) is 0 Å². The minimum atomic E-state index is -0.884. The van der Waals surface area contributed by atoms with Crippen LogP contribution in [0.15, 0.2) is 54.6 Å². The van der Waals surface area contributed by atoms with Crippen molar-refractivity contribution >= 4 is 17.8 Å². The summed E-state index contributed by atoms with van der Waals surface area (Å²) in [6, 6.07) is 16.5. The molecule has 0 saturated carbocycles. The van der Waals surface area contributed by atoms with E-state index >= 15 is 0 Å². The summed E-state index contributed by atoms with van der Waals surface area (Å²) >= 11 is 0. The largest absolute Gasteiger partial charge is 0.481 e. The zero-order valence-electron chi connectivity index (χ0n) is 15.1. The number of aliphatic carboxylic acids is 1. The smallest absolute Gasteiger partial charge is 0.308 e. The molecule has 2 aromatic carbocycles. The molecule has 1 saturated heterocycles. The molecule has 1 fully saturated rings. The van der Waals surface area contributed by atoms with Crippen LogP contribution in [0.1, 0.15) is 34.3 Å². The highest BCUT2D eigenvalue weighted by Crippen LogP contribution is 2.33. The number of carboxylic acid groups (broad SMARTS) is 1. The number of rotatable bonds is 5. The van der Waals surface area contributed by atoms with Gasteiger partial charge >= 0.3 is 5.97 Å². The van der Waals surface area contributed by atoms with Crippen molar-refractivity contribution in [3.63, 3.8) is 0 Å². The van der Waals surface area contributed by atoms with Crippen LogP contribution in [0.25, 0.3) is 0 Å². The monoisotopic (exact) mass is 366 g/mol. The summed E-state index contributed by atoms with van der Waals surface area (Å²) in [5, 5.41) is 12.3. The molecule has 0 bridgehead atoms. The fourth-order valence-corrected chi connectivity index (χ4v) is 3.43. The number of hydrogen-bond acceptors (Lipinski definition) is 3. The van der Waals surface area contributed by atoms with Crippen molar-refractivity contribution in [1.29, 1.82) is 0 Å². The van der Waals surface area contributed by atoms with Gasteiger partial charge in [-0.15, -0.1) is 0 Å². The van der Waals surface area contributed by atoms with Crippen LogP contribution in [-0.2, 0) is 16.1 Å². The minimum Gasteiger partial charge on any atom is -0.481 e. The molecule has 3 rings (SSSR count). The highest BCUT2D eigenvalue weighted by Gasteiger charge is 2.40. The van der Waals surface area contributed by atoms with Crippen LogP contribution in [0, 0.1) is 5.92 Å². The van der Waals surface area contributed by atoms with Gasteiger partial charge in [-0.3, -0.25) is 14.4 Å². The SMILES string of the molecule is CC(=O)NCc1ccc(C(=O)N2CC(C(=O)O)C(c3ccccc3)C2)cc1. The van der Waals surface area contributed by atoms with E-state index in [2.05, 4.69) is 5.32 Å². The third-order valence-corrected chi connectivity index (χ3v) is 4.89. The van der Waals surface area contributed by atoms with E-state index in [0.29, 0.717) is 18.7 Å². The fraction of sp³-hybridized carbons (Fsp3) is 0.286. The molecular weight excluding hydrogens is 344 g/mol. The number of likely N-dealkylation sites (tertiary alicyclic amines) is 1. The average molecular weight is 366 g/mol. The van der Waals surface area contributed by atoms with Crippen LogP contribution in [0.3, 0.4) is 0 Å². The predicted molar refractivity (Wildman–Crippen MR) is 100 cm³/mol. The van der Waals surface area contributed by atoms with Crippen LogP contribution in [0.2, 0.25) is 0 Å². The topological polar surface area (TPSA) is 86.7 Å². The second kappa shape index (κ2) is 8.03. The Hall–Kier alpha value is -3.15. The van der Waals surface area contributed by atoms with Gasteiger partial charge in [0.25, 0.3) is 5.91 Å². The standard InChI is InChI=1S/C21H22N2O4/c1-14(24)22-11-15-7-9-17(10-8-15)20(25)23-12-18(19(13-23)21(26)27)16-5-3-2-4-6-16/h2-10,18-19H,11-13H2,1H3,(H,22,24)(H,26,27). The molecule has 0 spiro atoms. The number of amides is 2. The van der Waals surface area contributed by atoms with Gasteiger partial charge in [-0.05, 0) is 23.3 Å². The second-order valence-electron chi connectivity index (χ2n) is 6.78. The minimum absolute atomic E-state index is 0.112. The van der Waals surface area contributed by atoms with Crippen molar-refractivity contribution in [3.05, 3.63) is 71.3 Å². The van der Waals surface area contributed by atoms with Gasteiger partial charge in [0.1, 0.15) is 0 Å². The third kappa shape index (κ3) is 4.34. The second-order valence-corrected chi connectivity index (χ2v) is 6.78. The number of nitrogens with one attached hydrogen (secondary N) is 1. The molecule has 2 aromatic rings. The van der Waals surface area contributed by atoms with E-state index in [1.807, 2.05) is 30.3 Å². The van der Waals surface area contributed by atoms with E-state index in [-0.39, 0.29) is 24.3 Å². The summed E-state index contributed by atoms with van der Waals surface area (Å²) in [6.45, 7) is 2.44. The highest BCUT2D eigenvalue weighted by molar-refractivity contribution is 5.95. The Labute approximate surface area is 157 Å². The summed E-state index contributed by atoms with van der Waals surface area (Å²) in [4.78, 5) is 37.1. The zero-order valence-corrected chi connectivity index (χ0v) is 15.1. The normalized spacial score (nSPS) is 18.9. The Balaban J connectivity index is 1.73. The quantitative estimate of drug-likeness (QED) is 0.850. The molecule has 140 valence electrons. The molecule has 2 amide bonds. The Bertz CT molecular complexity index is 833. The van der Waals surface area contributed by atoms with Gasteiger partial charge in [-0.1, -0.05) is 42.5 Å². The van der Waals surface area contributed by atoms with Gasteiger partial charge in [-0.2, -0.15) is 0 Å². The van der Waals surface area contributed by atoms with Gasteiger partial charge in [0.2, 0.25) is 5.91 Å². The van der Waals surface area contributed by atoms with Gasteiger partial charge in [-0.25, -0.2) is 0 Å². The number of nitrogens with zero attached hydrogens (tertiary/aromatic N) is 1. The Morgan fingerprint density at radius 1 is 1.04 bits per heavy atom.